The molecule has 1 aliphatic rings. The lowest BCUT2D eigenvalue weighted by molar-refractivity contribution is 0.475. The number of nitrogens with zero attached hydrogens (tertiary/aromatic N) is 1. The normalized spacial score (nSPS) is 11.3. The van der Waals surface area contributed by atoms with Crippen LogP contribution in [-0.2, 0) is 6.54 Å². The first-order valence-corrected chi connectivity index (χ1v) is 9.30. The van der Waals surface area contributed by atoms with Crippen LogP contribution in [0.5, 0.6) is 5.75 Å². The number of nitrogens with two attached hydrogens (primary N) is 2. The summed E-state index contributed by atoms with van der Waals surface area (Å²) < 4.78 is 0. The Labute approximate surface area is 162 Å². The second-order valence-electron chi connectivity index (χ2n) is 6.09. The van der Waals surface area contributed by atoms with Crippen molar-refractivity contribution in [2.75, 3.05) is 7.05 Å². The first kappa shape index (κ1) is 22.3. The van der Waals surface area contributed by atoms with Gasteiger partial charge in [0.25, 0.3) is 0 Å². The number of pyridine rings is 1. The molecule has 0 saturated heterocycles. The molecule has 0 bridgehead atoms. The van der Waals surface area contributed by atoms with Crippen molar-refractivity contribution in [2.24, 2.45) is 11.5 Å². The molecule has 0 aliphatic heterocycles. The summed E-state index contributed by atoms with van der Waals surface area (Å²) in [6.45, 7) is 8.53. The Morgan fingerprint density at radius 2 is 1.85 bits per heavy atom. The minimum atomic E-state index is 0.238. The number of aromatic hydroxyl groups is 1. The molecule has 6 N–H and O–H groups in total. The molecule has 1 heterocycles. The Morgan fingerprint density at radius 3 is 2.48 bits per heavy atom. The minimum Gasteiger partial charge on any atom is -0.508 e. The summed E-state index contributed by atoms with van der Waals surface area (Å²) in [5, 5.41) is 14.9. The van der Waals surface area contributed by atoms with Crippen molar-refractivity contribution < 1.29 is 5.11 Å². The van der Waals surface area contributed by atoms with Crippen molar-refractivity contribution in [3.05, 3.63) is 58.9 Å². The number of rotatable bonds is 4. The lowest BCUT2D eigenvalue weighted by atomic mass is 10.0. The highest BCUT2D eigenvalue weighted by molar-refractivity contribution is 5.62. The number of aromatic nitrogens is 1. The van der Waals surface area contributed by atoms with Crippen molar-refractivity contribution in [1.82, 2.24) is 10.3 Å². The van der Waals surface area contributed by atoms with E-state index < -0.39 is 0 Å². The Hall–Kier alpha value is -2.79. The molecule has 1 aliphatic carbocycles. The number of fused-ring (bicyclic) bond motifs is 1. The summed E-state index contributed by atoms with van der Waals surface area (Å²) >= 11 is 0. The summed E-state index contributed by atoms with van der Waals surface area (Å²) in [6.07, 6.45) is 7.64. The molecular weight excluding hydrogens is 336 g/mol. The number of hydrogen-bond acceptors (Lipinski definition) is 5. The number of phenolic OH excluding ortho intramolecular Hbond substituents is 1. The molecule has 0 fully saturated rings. The lowest BCUT2D eigenvalue weighted by Gasteiger charge is -2.11. The fourth-order valence-electron chi connectivity index (χ4n) is 2.64. The molecule has 0 atom stereocenters. The van der Waals surface area contributed by atoms with E-state index in [1.807, 2.05) is 18.2 Å². The monoisotopic (exact) mass is 368 g/mol. The van der Waals surface area contributed by atoms with Gasteiger partial charge >= 0.3 is 0 Å². The first-order chi connectivity index (χ1) is 13.0. The molecule has 5 nitrogen and oxygen atoms in total. The van der Waals surface area contributed by atoms with Crippen molar-refractivity contribution in [2.45, 2.75) is 39.7 Å². The highest BCUT2D eigenvalue weighted by atomic mass is 16.3. The van der Waals surface area contributed by atoms with E-state index in [-0.39, 0.29) is 5.75 Å². The molecule has 3 rings (SSSR count). The zero-order chi connectivity index (χ0) is 20.2. The van der Waals surface area contributed by atoms with Crippen molar-refractivity contribution >= 4 is 12.2 Å². The fourth-order valence-corrected chi connectivity index (χ4v) is 2.64. The van der Waals surface area contributed by atoms with Gasteiger partial charge in [-0.15, -0.1) is 0 Å². The second kappa shape index (κ2) is 11.8. The maximum absolute atomic E-state index is 9.68. The lowest BCUT2D eigenvalue weighted by Crippen LogP contribution is -2.36. The van der Waals surface area contributed by atoms with Crippen molar-refractivity contribution in [1.29, 1.82) is 0 Å². The predicted molar refractivity (Wildman–Crippen MR) is 115 cm³/mol. The van der Waals surface area contributed by atoms with Crippen LogP contribution < -0.4 is 27.4 Å². The van der Waals surface area contributed by atoms with Gasteiger partial charge in [-0.05, 0) is 43.7 Å². The van der Waals surface area contributed by atoms with Crippen LogP contribution in [0.15, 0.2) is 42.7 Å². The number of hydrogen-bond donors (Lipinski definition) is 4. The SMILES string of the molecule is C=C(N)NCc1cc(-c2cccc(O)c2)nc2c1=CCCC=2.CCC.CN. The van der Waals surface area contributed by atoms with Gasteiger partial charge in [0.15, 0.2) is 0 Å². The molecule has 1 aromatic carbocycles. The molecule has 2 aromatic rings. The molecular formula is C22H32N4O. The van der Waals surface area contributed by atoms with E-state index in [2.05, 4.69) is 43.6 Å². The molecule has 0 unspecified atom stereocenters. The molecule has 1 aromatic heterocycles. The Kier molecular flexibility index (Phi) is 9.69. The average molecular weight is 369 g/mol. The molecule has 5 heteroatoms. The van der Waals surface area contributed by atoms with Crippen LogP contribution in [-0.4, -0.2) is 17.1 Å². The van der Waals surface area contributed by atoms with Gasteiger partial charge in [-0.1, -0.05) is 51.1 Å². The van der Waals surface area contributed by atoms with Gasteiger partial charge in [-0.2, -0.15) is 0 Å². The van der Waals surface area contributed by atoms with E-state index >= 15 is 0 Å². The largest absolute Gasteiger partial charge is 0.508 e. The number of phenols is 1. The van der Waals surface area contributed by atoms with Crippen LogP contribution in [0.3, 0.4) is 0 Å². The van der Waals surface area contributed by atoms with Crippen LogP contribution in [0.25, 0.3) is 23.4 Å². The zero-order valence-corrected chi connectivity index (χ0v) is 16.6. The van der Waals surface area contributed by atoms with Crippen LogP contribution in [0.2, 0.25) is 0 Å². The van der Waals surface area contributed by atoms with Gasteiger partial charge in [0.1, 0.15) is 5.75 Å². The number of nitrogens with one attached hydrogen (secondary N) is 1. The molecule has 0 spiro atoms. The van der Waals surface area contributed by atoms with Gasteiger partial charge in [-0.25, -0.2) is 4.98 Å². The maximum atomic E-state index is 9.68. The van der Waals surface area contributed by atoms with E-state index in [1.54, 1.807) is 12.1 Å². The molecule has 0 radical (unpaired) electrons. The topological polar surface area (TPSA) is 97.2 Å². The van der Waals surface area contributed by atoms with Gasteiger partial charge in [-0.3, -0.25) is 0 Å². The average Bonchev–Trinajstić information content (AvgIpc) is 2.68. The van der Waals surface area contributed by atoms with Crippen molar-refractivity contribution in [3.8, 4) is 17.0 Å². The van der Waals surface area contributed by atoms with E-state index in [0.29, 0.717) is 12.4 Å². The van der Waals surface area contributed by atoms with Crippen LogP contribution >= 0.6 is 0 Å². The summed E-state index contributed by atoms with van der Waals surface area (Å²) in [7, 11) is 1.50. The summed E-state index contributed by atoms with van der Waals surface area (Å²) in [5.41, 5.74) is 13.0. The molecule has 27 heavy (non-hydrogen) atoms. The third kappa shape index (κ3) is 6.79. The zero-order valence-electron chi connectivity index (χ0n) is 16.6. The fraction of sp³-hybridized carbons (Fsp3) is 0.318. The first-order valence-electron chi connectivity index (χ1n) is 9.30. The predicted octanol–water partition coefficient (Wildman–Crippen LogP) is 2.32. The van der Waals surface area contributed by atoms with E-state index in [9.17, 15) is 5.11 Å². The quantitative estimate of drug-likeness (QED) is 0.664. The third-order valence-corrected chi connectivity index (χ3v) is 3.67. The van der Waals surface area contributed by atoms with Gasteiger partial charge < -0.3 is 21.9 Å². The minimum absolute atomic E-state index is 0.238. The van der Waals surface area contributed by atoms with Gasteiger partial charge in [0, 0.05) is 17.3 Å². The smallest absolute Gasteiger partial charge is 0.116 e. The van der Waals surface area contributed by atoms with E-state index in [0.717, 1.165) is 40.2 Å². The summed E-state index contributed by atoms with van der Waals surface area (Å²) in [5.74, 6) is 0.687. The number of benzene rings is 1. The van der Waals surface area contributed by atoms with Gasteiger partial charge in [0.2, 0.25) is 0 Å². The van der Waals surface area contributed by atoms with Gasteiger partial charge in [0.05, 0.1) is 16.9 Å². The maximum Gasteiger partial charge on any atom is 0.116 e. The highest BCUT2D eigenvalue weighted by Crippen LogP contribution is 2.20. The molecule has 0 saturated carbocycles. The van der Waals surface area contributed by atoms with E-state index in [4.69, 9.17) is 10.7 Å². The summed E-state index contributed by atoms with van der Waals surface area (Å²) in [6, 6.07) is 9.18. The second-order valence-corrected chi connectivity index (χ2v) is 6.09. The Balaban J connectivity index is 0.000000665. The third-order valence-electron chi connectivity index (χ3n) is 3.67. The van der Waals surface area contributed by atoms with Crippen molar-refractivity contribution in [3.63, 3.8) is 0 Å². The highest BCUT2D eigenvalue weighted by Gasteiger charge is 2.07. The molecule has 0 amide bonds. The van der Waals surface area contributed by atoms with Crippen LogP contribution in [0.4, 0.5) is 0 Å². The van der Waals surface area contributed by atoms with E-state index in [1.165, 1.54) is 13.5 Å². The summed E-state index contributed by atoms with van der Waals surface area (Å²) in [4.78, 5) is 4.73. The molecule has 146 valence electrons. The standard InChI is InChI=1S/C18H19N3O.C3H8.CH5N/c1-12(19)20-11-14-10-18(13-5-4-6-15(22)9-13)21-17-8-3-2-7-16(14)17;1-3-2;1-2/h4-10,20,22H,1-3,11,19H2;3H2,1-2H3;2H2,1H3. The Bertz CT molecular complexity index is 859. The van der Waals surface area contributed by atoms with Crippen LogP contribution in [0, 0.1) is 0 Å². The van der Waals surface area contributed by atoms with Crippen LogP contribution in [0.1, 0.15) is 38.7 Å². The Morgan fingerprint density at radius 1 is 1.19 bits per heavy atom.